The van der Waals surface area contributed by atoms with E-state index in [2.05, 4.69) is 0 Å². The second-order valence-corrected chi connectivity index (χ2v) is 4.01. The van der Waals surface area contributed by atoms with Gasteiger partial charge in [0.2, 0.25) is 6.79 Å². The molecule has 1 atom stereocenters. The number of fused-ring (bicyclic) bond motifs is 1. The number of carbonyl (C=O) groups is 2. The number of rotatable bonds is 3. The van der Waals surface area contributed by atoms with Crippen LogP contribution in [0.1, 0.15) is 28.8 Å². The number of hydrogen-bond donors (Lipinski definition) is 1. The lowest BCUT2D eigenvalue weighted by atomic mass is 9.98. The second-order valence-electron chi connectivity index (χ2n) is 3.60. The number of carbonyl (C=O) groups excluding carboxylic acids is 1. The van der Waals surface area contributed by atoms with Crippen LogP contribution in [0.5, 0.6) is 11.5 Å². The molecule has 5 nitrogen and oxygen atoms in total. The number of halogens is 1. The van der Waals surface area contributed by atoms with Gasteiger partial charge in [0, 0.05) is 10.6 Å². The van der Waals surface area contributed by atoms with Crippen molar-refractivity contribution < 1.29 is 24.2 Å². The van der Waals surface area contributed by atoms with Crippen LogP contribution in [-0.4, -0.2) is 24.2 Å². The predicted octanol–water partition coefficient (Wildman–Crippen LogP) is 2.07. The third-order valence-electron chi connectivity index (χ3n) is 2.59. The minimum Gasteiger partial charge on any atom is -0.481 e. The first-order valence-electron chi connectivity index (χ1n) is 4.86. The number of carboxylic acid groups (broad SMARTS) is 1. The molecule has 0 amide bonds. The highest BCUT2D eigenvalue weighted by molar-refractivity contribution is 6.32. The van der Waals surface area contributed by atoms with Crippen molar-refractivity contribution in [3.8, 4) is 11.5 Å². The van der Waals surface area contributed by atoms with Crippen LogP contribution in [0.15, 0.2) is 6.07 Å². The summed E-state index contributed by atoms with van der Waals surface area (Å²) in [5.41, 5.74) is 0.584. The minimum atomic E-state index is -1.02. The first kappa shape index (κ1) is 11.7. The Kier molecular flexibility index (Phi) is 2.93. The number of hydrogen-bond acceptors (Lipinski definition) is 4. The minimum absolute atomic E-state index is 0.0458. The van der Waals surface area contributed by atoms with Gasteiger partial charge in [-0.1, -0.05) is 11.6 Å². The number of aldehydes is 1. The maximum Gasteiger partial charge on any atom is 0.310 e. The molecule has 0 aromatic heterocycles. The molecule has 1 aromatic carbocycles. The maximum absolute atomic E-state index is 11.0. The molecule has 0 bridgehead atoms. The van der Waals surface area contributed by atoms with Gasteiger partial charge in [-0.3, -0.25) is 9.59 Å². The first-order chi connectivity index (χ1) is 8.06. The van der Waals surface area contributed by atoms with E-state index in [9.17, 15) is 9.59 Å². The van der Waals surface area contributed by atoms with Gasteiger partial charge in [-0.05, 0) is 13.0 Å². The van der Waals surface area contributed by atoms with Gasteiger partial charge in [0.1, 0.15) is 0 Å². The largest absolute Gasteiger partial charge is 0.481 e. The van der Waals surface area contributed by atoms with E-state index >= 15 is 0 Å². The molecule has 1 heterocycles. The lowest BCUT2D eigenvalue weighted by Gasteiger charge is -2.13. The van der Waals surface area contributed by atoms with Crippen LogP contribution in [0, 0.1) is 0 Å². The number of aliphatic carboxylic acids is 1. The summed E-state index contributed by atoms with van der Waals surface area (Å²) in [5, 5.41) is 9.18. The van der Waals surface area contributed by atoms with Gasteiger partial charge in [0.15, 0.2) is 17.8 Å². The van der Waals surface area contributed by atoms with E-state index in [1.165, 1.54) is 13.0 Å². The molecule has 0 radical (unpaired) electrons. The van der Waals surface area contributed by atoms with E-state index in [4.69, 9.17) is 26.2 Å². The van der Waals surface area contributed by atoms with E-state index < -0.39 is 11.9 Å². The third kappa shape index (κ3) is 1.82. The number of ether oxygens (including phenoxy) is 2. The van der Waals surface area contributed by atoms with Gasteiger partial charge in [-0.2, -0.15) is 0 Å². The van der Waals surface area contributed by atoms with Crippen LogP contribution in [0.4, 0.5) is 0 Å². The average molecular weight is 257 g/mol. The summed E-state index contributed by atoms with van der Waals surface area (Å²) in [6.45, 7) is 1.45. The summed E-state index contributed by atoms with van der Waals surface area (Å²) in [4.78, 5) is 21.8. The molecular weight excluding hydrogens is 248 g/mol. The van der Waals surface area contributed by atoms with Crippen LogP contribution in [0.2, 0.25) is 5.02 Å². The van der Waals surface area contributed by atoms with Crippen LogP contribution < -0.4 is 9.47 Å². The van der Waals surface area contributed by atoms with Crippen molar-refractivity contribution in [1.82, 2.24) is 0 Å². The standard InChI is InChI=1S/C11H9ClO5/c1-5(11(14)15)8-7(12)2-6(3-13)9-10(8)17-4-16-9/h2-3,5H,4H2,1H3,(H,14,15). The van der Waals surface area contributed by atoms with E-state index in [0.29, 0.717) is 11.8 Å². The Hall–Kier alpha value is -1.75. The molecule has 17 heavy (non-hydrogen) atoms. The zero-order chi connectivity index (χ0) is 12.6. The van der Waals surface area contributed by atoms with E-state index in [1.807, 2.05) is 0 Å². The number of carboxylic acids is 1. The van der Waals surface area contributed by atoms with Gasteiger partial charge in [-0.25, -0.2) is 0 Å². The Morgan fingerprint density at radius 2 is 2.18 bits per heavy atom. The summed E-state index contributed by atoms with van der Waals surface area (Å²) >= 11 is 5.97. The van der Waals surface area contributed by atoms with Gasteiger partial charge >= 0.3 is 5.97 Å². The highest BCUT2D eigenvalue weighted by Gasteiger charge is 2.30. The quantitative estimate of drug-likeness (QED) is 0.838. The van der Waals surface area contributed by atoms with Gasteiger partial charge in [0.05, 0.1) is 11.5 Å². The van der Waals surface area contributed by atoms with E-state index in [0.717, 1.165) is 0 Å². The van der Waals surface area contributed by atoms with E-state index in [1.54, 1.807) is 0 Å². The fourth-order valence-corrected chi connectivity index (χ4v) is 2.06. The summed E-state index contributed by atoms with van der Waals surface area (Å²) in [5.74, 6) is -1.36. The van der Waals surface area contributed by atoms with Crippen molar-refractivity contribution in [2.45, 2.75) is 12.8 Å². The van der Waals surface area contributed by atoms with Crippen molar-refractivity contribution in [3.05, 3.63) is 22.2 Å². The molecule has 1 aliphatic heterocycles. The van der Waals surface area contributed by atoms with Crippen LogP contribution in [0.25, 0.3) is 0 Å². The third-order valence-corrected chi connectivity index (χ3v) is 2.90. The highest BCUT2D eigenvalue weighted by Crippen LogP contribution is 2.45. The zero-order valence-corrected chi connectivity index (χ0v) is 9.65. The van der Waals surface area contributed by atoms with Crippen LogP contribution in [0.3, 0.4) is 0 Å². The molecule has 0 saturated carbocycles. The molecule has 6 heteroatoms. The van der Waals surface area contributed by atoms with E-state index in [-0.39, 0.29) is 28.9 Å². The molecule has 1 aromatic rings. The van der Waals surface area contributed by atoms with Crippen molar-refractivity contribution >= 4 is 23.9 Å². The molecule has 0 aliphatic carbocycles. The van der Waals surface area contributed by atoms with Gasteiger partial charge < -0.3 is 14.6 Å². The Balaban J connectivity index is 2.65. The highest BCUT2D eigenvalue weighted by atomic mass is 35.5. The average Bonchev–Trinajstić information content (AvgIpc) is 2.75. The molecule has 1 N–H and O–H groups in total. The van der Waals surface area contributed by atoms with Crippen LogP contribution >= 0.6 is 11.6 Å². The molecule has 1 aliphatic rings. The summed E-state index contributed by atoms with van der Waals surface area (Å²) in [6, 6.07) is 1.39. The first-order valence-corrected chi connectivity index (χ1v) is 5.24. The van der Waals surface area contributed by atoms with Crippen molar-refractivity contribution in [1.29, 1.82) is 0 Å². The lowest BCUT2D eigenvalue weighted by molar-refractivity contribution is -0.138. The van der Waals surface area contributed by atoms with Gasteiger partial charge in [-0.15, -0.1) is 0 Å². The lowest BCUT2D eigenvalue weighted by Crippen LogP contribution is -2.09. The summed E-state index contributed by atoms with van der Waals surface area (Å²) in [7, 11) is 0. The fraction of sp³-hybridized carbons (Fsp3) is 0.273. The molecule has 90 valence electrons. The summed E-state index contributed by atoms with van der Waals surface area (Å²) in [6.07, 6.45) is 0.592. The molecular formula is C11H9ClO5. The monoisotopic (exact) mass is 256 g/mol. The number of benzene rings is 1. The fourth-order valence-electron chi connectivity index (χ4n) is 1.70. The Morgan fingerprint density at radius 1 is 1.53 bits per heavy atom. The normalized spacial score (nSPS) is 14.5. The molecule has 0 saturated heterocycles. The predicted molar refractivity (Wildman–Crippen MR) is 59.0 cm³/mol. The Bertz CT molecular complexity index is 497. The Morgan fingerprint density at radius 3 is 2.76 bits per heavy atom. The zero-order valence-electron chi connectivity index (χ0n) is 8.90. The molecule has 0 fully saturated rings. The SMILES string of the molecule is CC(C(=O)O)c1c(Cl)cc(C=O)c2c1OCO2. The van der Waals surface area contributed by atoms with Crippen molar-refractivity contribution in [3.63, 3.8) is 0 Å². The smallest absolute Gasteiger partial charge is 0.310 e. The van der Waals surface area contributed by atoms with Gasteiger partial charge in [0.25, 0.3) is 0 Å². The summed E-state index contributed by atoms with van der Waals surface area (Å²) < 4.78 is 10.3. The molecule has 0 spiro atoms. The Labute approximate surface area is 102 Å². The molecule has 1 unspecified atom stereocenters. The maximum atomic E-state index is 11.0. The van der Waals surface area contributed by atoms with Crippen molar-refractivity contribution in [2.24, 2.45) is 0 Å². The molecule has 2 rings (SSSR count). The second kappa shape index (κ2) is 4.25. The van der Waals surface area contributed by atoms with Crippen molar-refractivity contribution in [2.75, 3.05) is 6.79 Å². The topological polar surface area (TPSA) is 72.8 Å². The van der Waals surface area contributed by atoms with Crippen LogP contribution in [-0.2, 0) is 4.79 Å².